The van der Waals surface area contributed by atoms with Gasteiger partial charge in [-0.05, 0) is 18.6 Å². The van der Waals surface area contributed by atoms with Crippen LogP contribution in [0.15, 0.2) is 36.9 Å². The summed E-state index contributed by atoms with van der Waals surface area (Å²) in [5.74, 6) is 0.0903. The van der Waals surface area contributed by atoms with Gasteiger partial charge in [-0.25, -0.2) is 19.3 Å². The van der Waals surface area contributed by atoms with Crippen LogP contribution in [0.2, 0.25) is 0 Å². The minimum Gasteiger partial charge on any atom is -0.488 e. The second kappa shape index (κ2) is 8.35. The minimum atomic E-state index is -1.25. The number of hydrogen-bond acceptors (Lipinski definition) is 9. The molecule has 164 valence electrons. The van der Waals surface area contributed by atoms with Gasteiger partial charge in [0.15, 0.2) is 34.8 Å². The normalized spacial score (nSPS) is 28.3. The Hall–Kier alpha value is -2.86. The van der Waals surface area contributed by atoms with Gasteiger partial charge >= 0.3 is 0 Å². The van der Waals surface area contributed by atoms with E-state index < -0.39 is 30.4 Å². The first-order valence-corrected chi connectivity index (χ1v) is 10.0. The summed E-state index contributed by atoms with van der Waals surface area (Å²) in [5.41, 5.74) is 0.967. The first-order chi connectivity index (χ1) is 15.1. The maximum Gasteiger partial charge on any atom is 0.167 e. The molecule has 1 aromatic carbocycles. The predicted molar refractivity (Wildman–Crippen MR) is 106 cm³/mol. The molecule has 0 bridgehead atoms. The van der Waals surface area contributed by atoms with Gasteiger partial charge < -0.3 is 29.7 Å². The molecule has 2 aromatic heterocycles. The molecule has 2 aliphatic heterocycles. The van der Waals surface area contributed by atoms with Crippen molar-refractivity contribution in [3.8, 4) is 5.75 Å². The summed E-state index contributed by atoms with van der Waals surface area (Å²) in [6.45, 7) is 1.15. The van der Waals surface area contributed by atoms with E-state index in [0.29, 0.717) is 30.2 Å². The SMILES string of the molecule is O[C@@H]1[C@H](O)[C@@H](COc2ccccc2F)O[C@H]1n1cnc2c(N[C@H]3CCOC3)ncnc21. The average Bonchev–Trinajstić information content (AvgIpc) is 3.50. The number of ether oxygens (including phenoxy) is 3. The van der Waals surface area contributed by atoms with E-state index in [2.05, 4.69) is 20.3 Å². The number of benzene rings is 1. The van der Waals surface area contributed by atoms with Crippen LogP contribution < -0.4 is 10.1 Å². The lowest BCUT2D eigenvalue weighted by atomic mass is 10.1. The summed E-state index contributed by atoms with van der Waals surface area (Å²) in [5, 5.41) is 24.3. The first kappa shape index (κ1) is 20.1. The van der Waals surface area contributed by atoms with E-state index in [4.69, 9.17) is 14.2 Å². The van der Waals surface area contributed by atoms with Crippen LogP contribution in [0.5, 0.6) is 5.75 Å². The molecule has 3 aromatic rings. The summed E-state index contributed by atoms with van der Waals surface area (Å²) < 4.78 is 32.0. The lowest BCUT2D eigenvalue weighted by molar-refractivity contribution is -0.0477. The Labute approximate surface area is 176 Å². The lowest BCUT2D eigenvalue weighted by Crippen LogP contribution is -2.34. The first-order valence-electron chi connectivity index (χ1n) is 10.0. The van der Waals surface area contributed by atoms with Crippen molar-refractivity contribution < 1.29 is 28.8 Å². The molecule has 10 nitrogen and oxygen atoms in total. The molecule has 4 heterocycles. The smallest absolute Gasteiger partial charge is 0.167 e. The topological polar surface area (TPSA) is 124 Å². The molecule has 2 fully saturated rings. The van der Waals surface area contributed by atoms with Crippen LogP contribution >= 0.6 is 0 Å². The van der Waals surface area contributed by atoms with Crippen molar-refractivity contribution in [1.82, 2.24) is 19.5 Å². The van der Waals surface area contributed by atoms with Gasteiger partial charge in [-0.1, -0.05) is 12.1 Å². The molecular formula is C20H22FN5O5. The molecule has 3 N–H and O–H groups in total. The number of nitrogens with zero attached hydrogens (tertiary/aromatic N) is 4. The molecular weight excluding hydrogens is 409 g/mol. The third-order valence-corrected chi connectivity index (χ3v) is 5.48. The van der Waals surface area contributed by atoms with E-state index in [-0.39, 0.29) is 18.4 Å². The summed E-state index contributed by atoms with van der Waals surface area (Å²) >= 11 is 0. The maximum absolute atomic E-state index is 13.8. The van der Waals surface area contributed by atoms with Gasteiger partial charge in [0.1, 0.15) is 31.2 Å². The van der Waals surface area contributed by atoms with E-state index in [1.54, 1.807) is 16.7 Å². The average molecular weight is 431 g/mol. The molecule has 11 heteroatoms. The van der Waals surface area contributed by atoms with Crippen LogP contribution in [0.4, 0.5) is 10.2 Å². The van der Waals surface area contributed by atoms with Crippen LogP contribution in [-0.4, -0.2) is 73.9 Å². The number of halogens is 1. The van der Waals surface area contributed by atoms with Gasteiger partial charge in [-0.3, -0.25) is 4.57 Å². The highest BCUT2D eigenvalue weighted by Crippen LogP contribution is 2.33. The van der Waals surface area contributed by atoms with Gasteiger partial charge in [0.25, 0.3) is 0 Å². The molecule has 31 heavy (non-hydrogen) atoms. The Balaban J connectivity index is 1.34. The zero-order valence-electron chi connectivity index (χ0n) is 16.5. The molecule has 0 saturated carbocycles. The Morgan fingerprint density at radius 1 is 1.19 bits per heavy atom. The zero-order valence-corrected chi connectivity index (χ0v) is 16.5. The third-order valence-electron chi connectivity index (χ3n) is 5.48. The van der Waals surface area contributed by atoms with Crippen LogP contribution in [0.1, 0.15) is 12.6 Å². The van der Waals surface area contributed by atoms with Gasteiger partial charge in [-0.2, -0.15) is 0 Å². The molecule has 5 rings (SSSR count). The van der Waals surface area contributed by atoms with E-state index in [1.807, 2.05) is 0 Å². The third kappa shape index (κ3) is 3.81. The van der Waals surface area contributed by atoms with Crippen LogP contribution in [0.25, 0.3) is 11.2 Å². The number of imidazole rings is 1. The van der Waals surface area contributed by atoms with E-state index in [9.17, 15) is 14.6 Å². The fourth-order valence-electron chi connectivity index (χ4n) is 3.82. The number of aromatic nitrogens is 4. The number of rotatable bonds is 6. The highest BCUT2D eigenvalue weighted by molar-refractivity contribution is 5.82. The maximum atomic E-state index is 13.8. The Kier molecular flexibility index (Phi) is 5.40. The fraction of sp³-hybridized carbons (Fsp3) is 0.450. The Morgan fingerprint density at radius 2 is 2.06 bits per heavy atom. The van der Waals surface area contributed by atoms with Crippen molar-refractivity contribution in [3.05, 3.63) is 42.7 Å². The van der Waals surface area contributed by atoms with Crippen molar-refractivity contribution >= 4 is 17.0 Å². The van der Waals surface area contributed by atoms with Crippen LogP contribution in [0.3, 0.4) is 0 Å². The van der Waals surface area contributed by atoms with Crippen molar-refractivity contribution in [2.45, 2.75) is 37.0 Å². The Bertz CT molecular complexity index is 1060. The number of aliphatic hydroxyl groups excluding tert-OH is 2. The number of nitrogens with one attached hydrogen (secondary N) is 1. The molecule has 0 spiro atoms. The number of aliphatic hydroxyl groups is 2. The number of hydrogen-bond donors (Lipinski definition) is 3. The van der Waals surface area contributed by atoms with Crippen molar-refractivity contribution in [3.63, 3.8) is 0 Å². The van der Waals surface area contributed by atoms with Gasteiger partial charge in [-0.15, -0.1) is 0 Å². The van der Waals surface area contributed by atoms with E-state index in [0.717, 1.165) is 6.42 Å². The Morgan fingerprint density at radius 3 is 2.87 bits per heavy atom. The molecule has 5 atom stereocenters. The lowest BCUT2D eigenvalue weighted by Gasteiger charge is -2.17. The van der Waals surface area contributed by atoms with Gasteiger partial charge in [0.2, 0.25) is 0 Å². The van der Waals surface area contributed by atoms with Crippen molar-refractivity contribution in [1.29, 1.82) is 0 Å². The second-order valence-electron chi connectivity index (χ2n) is 7.54. The predicted octanol–water partition coefficient (Wildman–Crippen LogP) is 0.864. The molecule has 2 saturated heterocycles. The fourth-order valence-corrected chi connectivity index (χ4v) is 3.82. The van der Waals surface area contributed by atoms with Gasteiger partial charge in [0, 0.05) is 6.61 Å². The summed E-state index contributed by atoms with van der Waals surface area (Å²) in [6, 6.07) is 6.09. The molecule has 0 aliphatic carbocycles. The number of fused-ring (bicyclic) bond motifs is 1. The van der Waals surface area contributed by atoms with E-state index >= 15 is 0 Å². The monoisotopic (exact) mass is 431 g/mol. The number of anilines is 1. The number of para-hydroxylation sites is 1. The van der Waals surface area contributed by atoms with Crippen LogP contribution in [0, 0.1) is 5.82 Å². The molecule has 0 radical (unpaired) electrons. The minimum absolute atomic E-state index is 0.0451. The zero-order chi connectivity index (χ0) is 21.4. The molecule has 2 aliphatic rings. The quantitative estimate of drug-likeness (QED) is 0.521. The summed E-state index contributed by atoms with van der Waals surface area (Å²) in [7, 11) is 0. The van der Waals surface area contributed by atoms with Gasteiger partial charge in [0.05, 0.1) is 19.0 Å². The highest BCUT2D eigenvalue weighted by atomic mass is 19.1. The van der Waals surface area contributed by atoms with E-state index in [1.165, 1.54) is 24.8 Å². The van der Waals surface area contributed by atoms with Crippen molar-refractivity contribution in [2.75, 3.05) is 25.1 Å². The summed E-state index contributed by atoms with van der Waals surface area (Å²) in [6.07, 6.45) is -0.539. The van der Waals surface area contributed by atoms with Crippen molar-refractivity contribution in [2.24, 2.45) is 0 Å². The second-order valence-corrected chi connectivity index (χ2v) is 7.54. The highest BCUT2D eigenvalue weighted by Gasteiger charge is 2.44. The standard InChI is InChI=1S/C20H22FN5O5/c21-12-3-1-2-4-13(12)30-8-14-16(27)17(28)20(31-14)26-10-24-15-18(22-9-23-19(15)26)25-11-5-6-29-7-11/h1-4,9-11,14,16-17,20,27-28H,5-8H2,(H,22,23,25)/t11-,14+,16+,17+,20+/m0/s1. The van der Waals surface area contributed by atoms with Crippen LogP contribution in [-0.2, 0) is 9.47 Å². The summed E-state index contributed by atoms with van der Waals surface area (Å²) in [4.78, 5) is 12.9. The largest absolute Gasteiger partial charge is 0.488 e. The molecule has 0 amide bonds. The molecule has 0 unspecified atom stereocenters.